The Kier molecular flexibility index (Phi) is 6.84. The highest BCUT2D eigenvalue weighted by molar-refractivity contribution is 7.98. The summed E-state index contributed by atoms with van der Waals surface area (Å²) in [7, 11) is 0. The van der Waals surface area contributed by atoms with Crippen molar-refractivity contribution in [1.82, 2.24) is 4.98 Å². The molecule has 0 radical (unpaired) electrons. The van der Waals surface area contributed by atoms with Crippen molar-refractivity contribution in [2.45, 2.75) is 25.8 Å². The summed E-state index contributed by atoms with van der Waals surface area (Å²) in [5.74, 6) is 0.620. The second kappa shape index (κ2) is 8.90. The first-order chi connectivity index (χ1) is 12.7. The van der Waals surface area contributed by atoms with Gasteiger partial charge in [-0.25, -0.2) is 4.98 Å². The van der Waals surface area contributed by atoms with Crippen LogP contribution in [0.3, 0.4) is 0 Å². The van der Waals surface area contributed by atoms with Crippen molar-refractivity contribution in [1.29, 1.82) is 0 Å². The number of nitrogens with zero attached hydrogens (tertiary/aromatic N) is 1. The molecule has 1 heterocycles. The molecule has 0 unspecified atom stereocenters. The van der Waals surface area contributed by atoms with E-state index in [4.69, 9.17) is 0 Å². The normalized spacial score (nSPS) is 11.1. The van der Waals surface area contributed by atoms with E-state index in [2.05, 4.69) is 15.6 Å². The summed E-state index contributed by atoms with van der Waals surface area (Å²) in [4.78, 5) is 27.6. The lowest BCUT2D eigenvalue weighted by molar-refractivity contribution is -0.137. The fourth-order valence-electron chi connectivity index (χ4n) is 2.24. The van der Waals surface area contributed by atoms with Crippen molar-refractivity contribution < 1.29 is 22.8 Å². The number of halogens is 3. The van der Waals surface area contributed by atoms with E-state index < -0.39 is 23.6 Å². The summed E-state index contributed by atoms with van der Waals surface area (Å²) in [6.45, 7) is 3.19. The monoisotopic (exact) mass is 397 g/mol. The third-order valence-electron chi connectivity index (χ3n) is 3.38. The van der Waals surface area contributed by atoms with Crippen LogP contribution in [-0.4, -0.2) is 22.6 Å². The number of nitrogens with one attached hydrogen (secondary N) is 2. The number of aromatic nitrogens is 1. The first-order valence-corrected chi connectivity index (χ1v) is 9.18. The van der Waals surface area contributed by atoms with Crippen LogP contribution in [0.2, 0.25) is 0 Å². The van der Waals surface area contributed by atoms with Gasteiger partial charge >= 0.3 is 6.18 Å². The summed E-state index contributed by atoms with van der Waals surface area (Å²) < 4.78 is 39.3. The van der Waals surface area contributed by atoms with E-state index in [1.807, 2.05) is 6.92 Å². The third kappa shape index (κ3) is 6.28. The number of anilines is 2. The lowest BCUT2D eigenvalue weighted by Gasteiger charge is -2.13. The summed E-state index contributed by atoms with van der Waals surface area (Å²) in [5, 5.41) is 4.77. The molecule has 1 aromatic heterocycles. The number of alkyl halides is 3. The van der Waals surface area contributed by atoms with Crippen LogP contribution >= 0.6 is 11.8 Å². The minimum Gasteiger partial charge on any atom is -0.326 e. The lowest BCUT2D eigenvalue weighted by Crippen LogP contribution is -2.16. The van der Waals surface area contributed by atoms with Gasteiger partial charge < -0.3 is 10.6 Å². The summed E-state index contributed by atoms with van der Waals surface area (Å²) in [6, 6.07) is 6.17. The van der Waals surface area contributed by atoms with Crippen LogP contribution in [0.4, 0.5) is 24.7 Å². The van der Waals surface area contributed by atoms with Crippen LogP contribution < -0.4 is 10.6 Å². The number of rotatable bonds is 6. The fourth-order valence-corrected chi connectivity index (χ4v) is 2.86. The molecule has 9 heteroatoms. The van der Waals surface area contributed by atoms with Crippen LogP contribution in [0.5, 0.6) is 0 Å². The molecule has 27 heavy (non-hydrogen) atoms. The van der Waals surface area contributed by atoms with E-state index >= 15 is 0 Å². The standard InChI is InChI=1S/C18H18F3N3O2S/c1-3-27-10-12-4-5-22-16(6-12)24-17(26)13-7-14(18(19,20)21)9-15(8-13)23-11(2)25/h4-9H,3,10H2,1-2H3,(H,23,25)(H,22,24,26). The Morgan fingerprint density at radius 1 is 1.15 bits per heavy atom. The SMILES string of the molecule is CCSCc1ccnc(NC(=O)c2cc(NC(C)=O)cc(C(F)(F)F)c2)c1. The Morgan fingerprint density at radius 3 is 2.52 bits per heavy atom. The van der Waals surface area contributed by atoms with Crippen LogP contribution in [0.15, 0.2) is 36.5 Å². The zero-order valence-corrected chi connectivity index (χ0v) is 15.5. The molecule has 2 aromatic rings. The van der Waals surface area contributed by atoms with Crippen LogP contribution in [-0.2, 0) is 16.7 Å². The highest BCUT2D eigenvalue weighted by atomic mass is 32.2. The van der Waals surface area contributed by atoms with Gasteiger partial charge in [-0.15, -0.1) is 0 Å². The molecule has 2 rings (SSSR count). The molecule has 5 nitrogen and oxygen atoms in total. The van der Waals surface area contributed by atoms with E-state index in [1.165, 1.54) is 19.2 Å². The second-order valence-electron chi connectivity index (χ2n) is 5.62. The molecule has 0 fully saturated rings. The van der Waals surface area contributed by atoms with Crippen molar-refractivity contribution in [3.05, 3.63) is 53.2 Å². The van der Waals surface area contributed by atoms with Gasteiger partial charge in [0.25, 0.3) is 5.91 Å². The Hall–Kier alpha value is -2.55. The maximum Gasteiger partial charge on any atom is 0.416 e. The molecule has 0 saturated carbocycles. The van der Waals surface area contributed by atoms with Crippen LogP contribution in [0.25, 0.3) is 0 Å². The van der Waals surface area contributed by atoms with Gasteiger partial charge in [0.2, 0.25) is 5.91 Å². The van der Waals surface area contributed by atoms with Gasteiger partial charge in [-0.05, 0) is 41.6 Å². The largest absolute Gasteiger partial charge is 0.416 e. The summed E-state index contributed by atoms with van der Waals surface area (Å²) >= 11 is 1.69. The number of pyridine rings is 1. The van der Waals surface area contributed by atoms with Crippen molar-refractivity contribution in [2.75, 3.05) is 16.4 Å². The Labute approximate surface area is 158 Å². The maximum absolute atomic E-state index is 13.1. The summed E-state index contributed by atoms with van der Waals surface area (Å²) in [5.41, 5.74) is -0.428. The number of benzene rings is 1. The Morgan fingerprint density at radius 2 is 1.89 bits per heavy atom. The van der Waals surface area contributed by atoms with Gasteiger partial charge in [0.15, 0.2) is 0 Å². The fraction of sp³-hybridized carbons (Fsp3) is 0.278. The number of amides is 2. The number of hydrogen-bond donors (Lipinski definition) is 2. The molecule has 0 aliphatic rings. The van der Waals surface area contributed by atoms with Gasteiger partial charge in [0.1, 0.15) is 5.82 Å². The van der Waals surface area contributed by atoms with Crippen molar-refractivity contribution >= 4 is 35.1 Å². The summed E-state index contributed by atoms with van der Waals surface area (Å²) in [6.07, 6.45) is -3.13. The molecule has 0 bridgehead atoms. The molecule has 0 aliphatic carbocycles. The zero-order valence-electron chi connectivity index (χ0n) is 14.7. The van der Waals surface area contributed by atoms with Gasteiger partial charge in [0.05, 0.1) is 5.56 Å². The van der Waals surface area contributed by atoms with Crippen molar-refractivity contribution in [3.8, 4) is 0 Å². The topological polar surface area (TPSA) is 71.1 Å². The number of carbonyl (C=O) groups excluding carboxylic acids is 2. The smallest absolute Gasteiger partial charge is 0.326 e. The average Bonchev–Trinajstić information content (AvgIpc) is 2.58. The molecule has 0 atom stereocenters. The Bertz CT molecular complexity index is 841. The average molecular weight is 397 g/mol. The number of thioether (sulfide) groups is 1. The van der Waals surface area contributed by atoms with Crippen LogP contribution in [0, 0.1) is 0 Å². The second-order valence-corrected chi connectivity index (χ2v) is 6.89. The highest BCUT2D eigenvalue weighted by Gasteiger charge is 2.32. The molecule has 2 amide bonds. The minimum atomic E-state index is -4.65. The number of hydrogen-bond acceptors (Lipinski definition) is 4. The molecule has 144 valence electrons. The predicted octanol–water partition coefficient (Wildman–Crippen LogP) is 4.56. The van der Waals surface area contributed by atoms with Gasteiger partial charge in [-0.1, -0.05) is 6.92 Å². The highest BCUT2D eigenvalue weighted by Crippen LogP contribution is 2.32. The van der Waals surface area contributed by atoms with Crippen molar-refractivity contribution in [3.63, 3.8) is 0 Å². The predicted molar refractivity (Wildman–Crippen MR) is 99.8 cm³/mol. The lowest BCUT2D eigenvalue weighted by atomic mass is 10.1. The van der Waals surface area contributed by atoms with E-state index in [0.717, 1.165) is 29.2 Å². The van der Waals surface area contributed by atoms with E-state index in [1.54, 1.807) is 23.9 Å². The van der Waals surface area contributed by atoms with Crippen molar-refractivity contribution in [2.24, 2.45) is 0 Å². The van der Waals surface area contributed by atoms with Crippen LogP contribution in [0.1, 0.15) is 35.3 Å². The van der Waals surface area contributed by atoms with Gasteiger partial charge in [0, 0.05) is 30.1 Å². The molecule has 0 aliphatic heterocycles. The minimum absolute atomic E-state index is 0.108. The Balaban J connectivity index is 2.28. The van der Waals surface area contributed by atoms with E-state index in [0.29, 0.717) is 0 Å². The third-order valence-corrected chi connectivity index (χ3v) is 4.33. The number of carbonyl (C=O) groups is 2. The molecule has 1 aromatic carbocycles. The van der Waals surface area contributed by atoms with Gasteiger partial charge in [-0.2, -0.15) is 24.9 Å². The van der Waals surface area contributed by atoms with E-state index in [-0.39, 0.29) is 17.1 Å². The molecular formula is C18H18F3N3O2S. The van der Waals surface area contributed by atoms with E-state index in [9.17, 15) is 22.8 Å². The molecule has 0 saturated heterocycles. The molecule has 2 N–H and O–H groups in total. The maximum atomic E-state index is 13.1. The first-order valence-electron chi connectivity index (χ1n) is 8.03. The first kappa shape index (κ1) is 20.8. The quantitative estimate of drug-likeness (QED) is 0.749. The zero-order chi connectivity index (χ0) is 20.0. The molecular weight excluding hydrogens is 379 g/mol. The molecule has 0 spiro atoms. The van der Waals surface area contributed by atoms with Gasteiger partial charge in [-0.3, -0.25) is 9.59 Å².